The lowest BCUT2D eigenvalue weighted by atomic mass is 10.1. The summed E-state index contributed by atoms with van der Waals surface area (Å²) in [7, 11) is 4.55. The molecule has 0 atom stereocenters. The molecule has 0 heterocycles. The van der Waals surface area contributed by atoms with Gasteiger partial charge in [0, 0.05) is 6.07 Å². The van der Waals surface area contributed by atoms with Crippen molar-refractivity contribution in [2.24, 2.45) is 0 Å². The van der Waals surface area contributed by atoms with E-state index in [1.807, 2.05) is 30.4 Å². The van der Waals surface area contributed by atoms with E-state index in [-0.39, 0.29) is 5.75 Å². The van der Waals surface area contributed by atoms with E-state index < -0.39 is 0 Å². The van der Waals surface area contributed by atoms with Crippen LogP contribution in [0.1, 0.15) is 11.1 Å². The smallest absolute Gasteiger partial charge is 0.203 e. The molecule has 0 aromatic heterocycles. The van der Waals surface area contributed by atoms with Gasteiger partial charge in [-0.1, -0.05) is 42.5 Å². The molecule has 2 rings (SSSR count). The third-order valence-corrected chi connectivity index (χ3v) is 3.35. The van der Waals surface area contributed by atoms with Crippen molar-refractivity contribution in [1.82, 2.24) is 0 Å². The fourth-order valence-corrected chi connectivity index (χ4v) is 2.22. The fraction of sp³-hybridized carbons (Fsp3) is 0.222. The summed E-state index contributed by atoms with van der Waals surface area (Å²) in [6.45, 7) is 0. The number of rotatable bonds is 6. The molecule has 0 aliphatic carbocycles. The molecule has 2 aromatic carbocycles. The van der Waals surface area contributed by atoms with Gasteiger partial charge in [0.05, 0.1) is 26.9 Å². The van der Waals surface area contributed by atoms with Crippen molar-refractivity contribution in [1.29, 1.82) is 0 Å². The third-order valence-electron chi connectivity index (χ3n) is 3.35. The Morgan fingerprint density at radius 2 is 1.64 bits per heavy atom. The number of aromatic hydroxyl groups is 1. The third kappa shape index (κ3) is 3.34. The van der Waals surface area contributed by atoms with E-state index in [9.17, 15) is 5.11 Å². The lowest BCUT2D eigenvalue weighted by Gasteiger charge is -2.14. The van der Waals surface area contributed by atoms with Crippen LogP contribution in [0.2, 0.25) is 0 Å². The van der Waals surface area contributed by atoms with Gasteiger partial charge in [0.2, 0.25) is 5.75 Å². The number of hydrogen-bond donors (Lipinski definition) is 1. The first-order valence-electron chi connectivity index (χ1n) is 6.93. The first-order valence-corrected chi connectivity index (χ1v) is 6.93. The van der Waals surface area contributed by atoms with Crippen molar-refractivity contribution in [2.45, 2.75) is 6.42 Å². The van der Waals surface area contributed by atoms with Gasteiger partial charge in [0.1, 0.15) is 5.75 Å². The first kappa shape index (κ1) is 15.8. The van der Waals surface area contributed by atoms with Gasteiger partial charge in [-0.05, 0) is 12.0 Å². The predicted molar refractivity (Wildman–Crippen MR) is 86.9 cm³/mol. The Bertz CT molecular complexity index is 648. The Morgan fingerprint density at radius 1 is 0.955 bits per heavy atom. The van der Waals surface area contributed by atoms with Crippen LogP contribution in [-0.4, -0.2) is 26.4 Å². The average Bonchev–Trinajstić information content (AvgIpc) is 2.56. The molecule has 0 unspecified atom stereocenters. The van der Waals surface area contributed by atoms with Crippen LogP contribution in [0, 0.1) is 0 Å². The molecule has 0 spiro atoms. The van der Waals surface area contributed by atoms with Gasteiger partial charge in [-0.2, -0.15) is 0 Å². The van der Waals surface area contributed by atoms with Crippen molar-refractivity contribution in [3.8, 4) is 23.0 Å². The number of benzene rings is 2. The van der Waals surface area contributed by atoms with E-state index in [0.717, 1.165) is 6.42 Å². The molecule has 2 aromatic rings. The minimum atomic E-state index is 0.00279. The van der Waals surface area contributed by atoms with Crippen molar-refractivity contribution in [2.75, 3.05) is 21.3 Å². The van der Waals surface area contributed by atoms with E-state index in [4.69, 9.17) is 14.2 Å². The zero-order chi connectivity index (χ0) is 15.9. The molecule has 4 heteroatoms. The molecular formula is C18H20O4. The van der Waals surface area contributed by atoms with E-state index in [1.165, 1.54) is 19.8 Å². The summed E-state index contributed by atoms with van der Waals surface area (Å²) in [4.78, 5) is 0. The predicted octanol–water partition coefficient (Wildman–Crippen LogP) is 3.67. The topological polar surface area (TPSA) is 47.9 Å². The van der Waals surface area contributed by atoms with Crippen LogP contribution in [0.25, 0.3) is 6.08 Å². The molecule has 22 heavy (non-hydrogen) atoms. The average molecular weight is 300 g/mol. The van der Waals surface area contributed by atoms with Gasteiger partial charge < -0.3 is 19.3 Å². The number of ether oxygens (including phenoxy) is 3. The Balaban J connectivity index is 2.33. The minimum Gasteiger partial charge on any atom is -0.504 e. The monoisotopic (exact) mass is 300 g/mol. The Kier molecular flexibility index (Phi) is 5.31. The second-order valence-electron chi connectivity index (χ2n) is 4.67. The summed E-state index contributed by atoms with van der Waals surface area (Å²) >= 11 is 0. The second kappa shape index (κ2) is 7.41. The Labute approximate surface area is 130 Å². The number of hydrogen-bond acceptors (Lipinski definition) is 4. The van der Waals surface area contributed by atoms with E-state index in [1.54, 1.807) is 13.2 Å². The highest BCUT2D eigenvalue weighted by molar-refractivity contribution is 5.72. The van der Waals surface area contributed by atoms with Crippen LogP contribution in [-0.2, 0) is 6.42 Å². The second-order valence-corrected chi connectivity index (χ2v) is 4.67. The highest BCUT2D eigenvalue weighted by atomic mass is 16.5. The number of methoxy groups -OCH3 is 3. The molecule has 0 bridgehead atoms. The zero-order valence-corrected chi connectivity index (χ0v) is 13.0. The lowest BCUT2D eigenvalue weighted by Crippen LogP contribution is -1.95. The maximum Gasteiger partial charge on any atom is 0.203 e. The molecular weight excluding hydrogens is 280 g/mol. The summed E-state index contributed by atoms with van der Waals surface area (Å²) in [6.07, 6.45) is 4.56. The summed E-state index contributed by atoms with van der Waals surface area (Å²) in [5, 5.41) is 10.4. The molecule has 0 saturated carbocycles. The van der Waals surface area contributed by atoms with Crippen LogP contribution in [0.15, 0.2) is 42.5 Å². The van der Waals surface area contributed by atoms with Gasteiger partial charge in [-0.25, -0.2) is 0 Å². The highest BCUT2D eigenvalue weighted by Crippen LogP contribution is 2.44. The van der Waals surface area contributed by atoms with Crippen LogP contribution in [0.4, 0.5) is 0 Å². The Hall–Kier alpha value is -2.62. The Morgan fingerprint density at radius 3 is 2.23 bits per heavy atom. The van der Waals surface area contributed by atoms with Crippen molar-refractivity contribution in [3.63, 3.8) is 0 Å². The van der Waals surface area contributed by atoms with Crippen molar-refractivity contribution >= 4 is 6.08 Å². The van der Waals surface area contributed by atoms with E-state index in [0.29, 0.717) is 22.8 Å². The highest BCUT2D eigenvalue weighted by Gasteiger charge is 2.18. The standard InChI is InChI=1S/C18H20O4/c1-20-15-12-16(21-2)18(22-3)17(19)14(15)11-7-10-13-8-5-4-6-9-13/h4-9,11-12,19H,10H2,1-3H3/b11-7+. The summed E-state index contributed by atoms with van der Waals surface area (Å²) < 4.78 is 15.7. The number of phenols is 1. The van der Waals surface area contributed by atoms with Gasteiger partial charge in [-0.3, -0.25) is 0 Å². The summed E-state index contributed by atoms with van der Waals surface area (Å²) in [5.74, 6) is 1.25. The molecule has 0 aliphatic rings. The van der Waals surface area contributed by atoms with E-state index >= 15 is 0 Å². The van der Waals surface area contributed by atoms with Crippen LogP contribution < -0.4 is 14.2 Å². The molecule has 1 N–H and O–H groups in total. The van der Waals surface area contributed by atoms with Crippen LogP contribution >= 0.6 is 0 Å². The van der Waals surface area contributed by atoms with E-state index in [2.05, 4.69) is 12.1 Å². The molecule has 116 valence electrons. The molecule has 0 amide bonds. The maximum absolute atomic E-state index is 10.4. The maximum atomic E-state index is 10.4. The molecule has 0 fully saturated rings. The van der Waals surface area contributed by atoms with Gasteiger partial charge in [0.15, 0.2) is 11.5 Å². The number of phenolic OH excluding ortho intramolecular Hbond substituents is 1. The normalized spacial score (nSPS) is 10.7. The largest absolute Gasteiger partial charge is 0.504 e. The van der Waals surface area contributed by atoms with Gasteiger partial charge in [-0.15, -0.1) is 0 Å². The van der Waals surface area contributed by atoms with Gasteiger partial charge in [0.25, 0.3) is 0 Å². The van der Waals surface area contributed by atoms with Crippen molar-refractivity contribution in [3.05, 3.63) is 53.6 Å². The van der Waals surface area contributed by atoms with Crippen LogP contribution in [0.3, 0.4) is 0 Å². The first-order chi connectivity index (χ1) is 10.7. The fourth-order valence-electron chi connectivity index (χ4n) is 2.22. The zero-order valence-electron chi connectivity index (χ0n) is 13.0. The lowest BCUT2D eigenvalue weighted by molar-refractivity contribution is 0.326. The molecule has 4 nitrogen and oxygen atoms in total. The summed E-state index contributed by atoms with van der Waals surface area (Å²) in [5.41, 5.74) is 1.76. The quantitative estimate of drug-likeness (QED) is 0.884. The molecule has 0 saturated heterocycles. The number of allylic oxidation sites excluding steroid dienone is 1. The molecule has 0 aliphatic heterocycles. The van der Waals surface area contributed by atoms with Crippen LogP contribution in [0.5, 0.6) is 23.0 Å². The minimum absolute atomic E-state index is 0.00279. The van der Waals surface area contributed by atoms with Gasteiger partial charge >= 0.3 is 0 Å². The SMILES string of the molecule is COc1cc(OC)c(OC)c(O)c1/C=C/Cc1ccccc1. The van der Waals surface area contributed by atoms with Crippen molar-refractivity contribution < 1.29 is 19.3 Å². The molecule has 0 radical (unpaired) electrons. The summed E-state index contributed by atoms with van der Waals surface area (Å²) in [6, 6.07) is 11.8.